The lowest BCUT2D eigenvalue weighted by Crippen LogP contribution is -2.75. The maximum absolute atomic E-state index is 5.73. The van der Waals surface area contributed by atoms with E-state index in [1.165, 1.54) is 6.42 Å². The molecule has 0 aromatic rings. The van der Waals surface area contributed by atoms with E-state index in [0.29, 0.717) is 5.54 Å². The number of hydrogen-bond donors (Lipinski definition) is 2. The zero-order chi connectivity index (χ0) is 8.66. The Labute approximate surface area is 73.9 Å². The van der Waals surface area contributed by atoms with Gasteiger partial charge in [0.2, 0.25) is 0 Å². The Hall–Kier alpha value is -0.120. The molecular formula is C9H18N2O. The van der Waals surface area contributed by atoms with Crippen molar-refractivity contribution in [3.05, 3.63) is 0 Å². The SMILES string of the molecule is CCC1(C)CCOC2(CNC2)N1. The largest absolute Gasteiger partial charge is 0.358 e. The molecule has 0 saturated carbocycles. The molecule has 12 heavy (non-hydrogen) atoms. The van der Waals surface area contributed by atoms with Crippen LogP contribution in [0.4, 0.5) is 0 Å². The second-order valence-electron chi connectivity index (χ2n) is 4.24. The van der Waals surface area contributed by atoms with E-state index < -0.39 is 0 Å². The molecule has 70 valence electrons. The van der Waals surface area contributed by atoms with Gasteiger partial charge in [-0.3, -0.25) is 5.32 Å². The van der Waals surface area contributed by atoms with Crippen LogP contribution >= 0.6 is 0 Å². The van der Waals surface area contributed by atoms with Crippen LogP contribution in [0.2, 0.25) is 0 Å². The van der Waals surface area contributed by atoms with E-state index in [1.807, 2.05) is 0 Å². The fourth-order valence-electron chi connectivity index (χ4n) is 1.93. The van der Waals surface area contributed by atoms with Crippen LogP contribution in [-0.2, 0) is 4.74 Å². The molecular weight excluding hydrogens is 152 g/mol. The molecule has 3 nitrogen and oxygen atoms in total. The summed E-state index contributed by atoms with van der Waals surface area (Å²) < 4.78 is 5.73. The lowest BCUT2D eigenvalue weighted by Gasteiger charge is -2.52. The van der Waals surface area contributed by atoms with Gasteiger partial charge in [-0.25, -0.2) is 0 Å². The van der Waals surface area contributed by atoms with Gasteiger partial charge in [0.15, 0.2) is 0 Å². The highest BCUT2D eigenvalue weighted by Gasteiger charge is 2.45. The molecule has 0 aromatic heterocycles. The standard InChI is InChI=1S/C9H18N2O/c1-3-8(2)4-5-12-9(11-8)6-10-7-9/h10-11H,3-7H2,1-2H3. The molecule has 0 radical (unpaired) electrons. The summed E-state index contributed by atoms with van der Waals surface area (Å²) >= 11 is 0. The summed E-state index contributed by atoms with van der Waals surface area (Å²) in [4.78, 5) is 0. The monoisotopic (exact) mass is 170 g/mol. The third-order valence-corrected chi connectivity index (χ3v) is 3.16. The van der Waals surface area contributed by atoms with Gasteiger partial charge in [0.25, 0.3) is 0 Å². The fraction of sp³-hybridized carbons (Fsp3) is 1.00. The maximum Gasteiger partial charge on any atom is 0.144 e. The van der Waals surface area contributed by atoms with Crippen LogP contribution in [0.25, 0.3) is 0 Å². The molecule has 2 aliphatic heterocycles. The molecule has 0 aromatic carbocycles. The summed E-state index contributed by atoms with van der Waals surface area (Å²) in [6.07, 6.45) is 2.31. The van der Waals surface area contributed by atoms with Crippen molar-refractivity contribution in [2.24, 2.45) is 0 Å². The molecule has 0 aliphatic carbocycles. The van der Waals surface area contributed by atoms with Crippen LogP contribution in [0.5, 0.6) is 0 Å². The first-order valence-electron chi connectivity index (χ1n) is 4.82. The predicted octanol–water partition coefficient (Wildman–Crippen LogP) is 0.465. The van der Waals surface area contributed by atoms with Crippen LogP contribution in [0.3, 0.4) is 0 Å². The van der Waals surface area contributed by atoms with Crippen molar-refractivity contribution < 1.29 is 4.74 Å². The van der Waals surface area contributed by atoms with Gasteiger partial charge in [0.05, 0.1) is 6.61 Å². The van der Waals surface area contributed by atoms with Crippen molar-refractivity contribution in [3.8, 4) is 0 Å². The van der Waals surface area contributed by atoms with Crippen molar-refractivity contribution in [1.29, 1.82) is 0 Å². The van der Waals surface area contributed by atoms with E-state index in [4.69, 9.17) is 4.74 Å². The summed E-state index contributed by atoms with van der Waals surface area (Å²) in [5.74, 6) is 0. The van der Waals surface area contributed by atoms with Gasteiger partial charge in [-0.15, -0.1) is 0 Å². The Morgan fingerprint density at radius 1 is 1.42 bits per heavy atom. The highest BCUT2D eigenvalue weighted by atomic mass is 16.5. The number of rotatable bonds is 1. The normalized spacial score (nSPS) is 39.5. The van der Waals surface area contributed by atoms with Crippen molar-refractivity contribution in [3.63, 3.8) is 0 Å². The first-order chi connectivity index (χ1) is 5.68. The minimum absolute atomic E-state index is 0.0248. The highest BCUT2D eigenvalue weighted by Crippen LogP contribution is 2.27. The predicted molar refractivity (Wildman–Crippen MR) is 48.0 cm³/mol. The van der Waals surface area contributed by atoms with E-state index >= 15 is 0 Å². The molecule has 0 amide bonds. The molecule has 1 atom stereocenters. The van der Waals surface area contributed by atoms with Crippen LogP contribution in [0.15, 0.2) is 0 Å². The summed E-state index contributed by atoms with van der Waals surface area (Å²) in [5, 5.41) is 6.85. The molecule has 2 N–H and O–H groups in total. The summed E-state index contributed by atoms with van der Waals surface area (Å²) in [5.41, 5.74) is 0.267. The molecule has 2 fully saturated rings. The zero-order valence-corrected chi connectivity index (χ0v) is 7.94. The lowest BCUT2D eigenvalue weighted by atomic mass is 9.89. The molecule has 0 bridgehead atoms. The maximum atomic E-state index is 5.73. The van der Waals surface area contributed by atoms with E-state index in [9.17, 15) is 0 Å². The third kappa shape index (κ3) is 1.26. The summed E-state index contributed by atoms with van der Waals surface area (Å²) in [6, 6.07) is 0. The van der Waals surface area contributed by atoms with Crippen LogP contribution in [0.1, 0.15) is 26.7 Å². The Kier molecular flexibility index (Phi) is 1.90. The van der Waals surface area contributed by atoms with Gasteiger partial charge in [0.1, 0.15) is 5.72 Å². The van der Waals surface area contributed by atoms with Gasteiger partial charge >= 0.3 is 0 Å². The Balaban J connectivity index is 2.03. The average molecular weight is 170 g/mol. The topological polar surface area (TPSA) is 33.3 Å². The Morgan fingerprint density at radius 3 is 2.67 bits per heavy atom. The second kappa shape index (κ2) is 2.69. The lowest BCUT2D eigenvalue weighted by molar-refractivity contribution is -0.156. The van der Waals surface area contributed by atoms with E-state index in [1.54, 1.807) is 0 Å². The molecule has 2 rings (SSSR count). The number of nitrogens with one attached hydrogen (secondary N) is 2. The number of ether oxygens (including phenoxy) is 1. The fourth-order valence-corrected chi connectivity index (χ4v) is 1.93. The number of hydrogen-bond acceptors (Lipinski definition) is 3. The van der Waals surface area contributed by atoms with Crippen molar-refractivity contribution in [2.45, 2.75) is 38.0 Å². The first-order valence-corrected chi connectivity index (χ1v) is 4.82. The Bertz CT molecular complexity index is 170. The second-order valence-corrected chi connectivity index (χ2v) is 4.24. The van der Waals surface area contributed by atoms with E-state index in [0.717, 1.165) is 26.1 Å². The zero-order valence-electron chi connectivity index (χ0n) is 7.94. The van der Waals surface area contributed by atoms with Gasteiger partial charge in [-0.2, -0.15) is 0 Å². The van der Waals surface area contributed by atoms with Crippen molar-refractivity contribution in [1.82, 2.24) is 10.6 Å². The van der Waals surface area contributed by atoms with Gasteiger partial charge < -0.3 is 10.1 Å². The quantitative estimate of drug-likeness (QED) is 0.600. The van der Waals surface area contributed by atoms with Crippen LogP contribution < -0.4 is 10.6 Å². The van der Waals surface area contributed by atoms with Gasteiger partial charge in [-0.1, -0.05) is 6.92 Å². The van der Waals surface area contributed by atoms with Gasteiger partial charge in [0, 0.05) is 18.6 Å². The minimum atomic E-state index is -0.0248. The highest BCUT2D eigenvalue weighted by molar-refractivity contribution is 5.01. The van der Waals surface area contributed by atoms with Crippen molar-refractivity contribution >= 4 is 0 Å². The van der Waals surface area contributed by atoms with Gasteiger partial charge in [-0.05, 0) is 19.8 Å². The third-order valence-electron chi connectivity index (χ3n) is 3.16. The average Bonchev–Trinajstić information content (AvgIpc) is 2.02. The Morgan fingerprint density at radius 2 is 2.17 bits per heavy atom. The van der Waals surface area contributed by atoms with Crippen LogP contribution in [0, 0.1) is 0 Å². The molecule has 2 saturated heterocycles. The molecule has 2 heterocycles. The van der Waals surface area contributed by atoms with E-state index in [2.05, 4.69) is 24.5 Å². The summed E-state index contributed by atoms with van der Waals surface area (Å²) in [7, 11) is 0. The molecule has 1 unspecified atom stereocenters. The molecule has 2 aliphatic rings. The first kappa shape index (κ1) is 8.48. The van der Waals surface area contributed by atoms with Crippen LogP contribution in [-0.4, -0.2) is 31.0 Å². The minimum Gasteiger partial charge on any atom is -0.358 e. The van der Waals surface area contributed by atoms with Crippen molar-refractivity contribution in [2.75, 3.05) is 19.7 Å². The van der Waals surface area contributed by atoms with E-state index in [-0.39, 0.29) is 5.72 Å². The summed E-state index contributed by atoms with van der Waals surface area (Å²) in [6.45, 7) is 7.35. The molecule has 3 heteroatoms. The molecule has 1 spiro atoms. The smallest absolute Gasteiger partial charge is 0.144 e.